The van der Waals surface area contributed by atoms with Crippen LogP contribution in [0.3, 0.4) is 0 Å². The van der Waals surface area contributed by atoms with Crippen molar-refractivity contribution >= 4 is 12.0 Å². The first-order valence-corrected chi connectivity index (χ1v) is 9.15. The number of rotatable bonds is 11. The SMILES string of the molecule is C=CCc1ccccc1OCCOc1ccc(C=C(C#N)C(=O)O)cc1OCC. The second-order valence-corrected chi connectivity index (χ2v) is 5.91. The summed E-state index contributed by atoms with van der Waals surface area (Å²) in [7, 11) is 0. The summed E-state index contributed by atoms with van der Waals surface area (Å²) in [4.78, 5) is 11.0. The van der Waals surface area contributed by atoms with E-state index in [9.17, 15) is 4.79 Å². The highest BCUT2D eigenvalue weighted by atomic mass is 16.5. The van der Waals surface area contributed by atoms with Crippen molar-refractivity contribution in [1.82, 2.24) is 0 Å². The summed E-state index contributed by atoms with van der Waals surface area (Å²) in [5.41, 5.74) is 1.24. The summed E-state index contributed by atoms with van der Waals surface area (Å²) < 4.78 is 17.2. The van der Waals surface area contributed by atoms with Gasteiger partial charge in [-0.2, -0.15) is 5.26 Å². The minimum absolute atomic E-state index is 0.302. The molecule has 2 rings (SSSR count). The molecule has 0 heterocycles. The summed E-state index contributed by atoms with van der Waals surface area (Å²) in [6, 6.07) is 14.4. The van der Waals surface area contributed by atoms with Crippen molar-refractivity contribution in [3.63, 3.8) is 0 Å². The van der Waals surface area contributed by atoms with Gasteiger partial charge in [-0.1, -0.05) is 30.3 Å². The van der Waals surface area contributed by atoms with E-state index in [1.54, 1.807) is 24.3 Å². The number of ether oxygens (including phenoxy) is 3. The number of carbonyl (C=O) groups is 1. The lowest BCUT2D eigenvalue weighted by atomic mass is 10.1. The molecular formula is C23H23NO5. The summed E-state index contributed by atoms with van der Waals surface area (Å²) in [5.74, 6) is 0.496. The number of carboxylic acids is 1. The van der Waals surface area contributed by atoms with Crippen LogP contribution < -0.4 is 14.2 Å². The molecule has 1 N–H and O–H groups in total. The summed E-state index contributed by atoms with van der Waals surface area (Å²) >= 11 is 0. The predicted octanol–water partition coefficient (Wildman–Crippen LogP) is 4.26. The second-order valence-electron chi connectivity index (χ2n) is 5.91. The fourth-order valence-corrected chi connectivity index (χ4v) is 2.58. The van der Waals surface area contributed by atoms with Crippen LogP contribution in [0.4, 0.5) is 0 Å². The number of hydrogen-bond acceptors (Lipinski definition) is 5. The van der Waals surface area contributed by atoms with Gasteiger partial charge in [-0.3, -0.25) is 0 Å². The summed E-state index contributed by atoms with van der Waals surface area (Å²) in [6.07, 6.45) is 3.83. The Morgan fingerprint density at radius 2 is 1.83 bits per heavy atom. The fourth-order valence-electron chi connectivity index (χ4n) is 2.58. The van der Waals surface area contributed by atoms with Crippen molar-refractivity contribution in [2.45, 2.75) is 13.3 Å². The van der Waals surface area contributed by atoms with Gasteiger partial charge in [0.15, 0.2) is 11.5 Å². The monoisotopic (exact) mass is 393 g/mol. The molecule has 0 aliphatic rings. The highest BCUT2D eigenvalue weighted by molar-refractivity contribution is 5.96. The summed E-state index contributed by atoms with van der Waals surface area (Å²) in [6.45, 7) is 6.65. The number of benzene rings is 2. The van der Waals surface area contributed by atoms with Gasteiger partial charge in [0.05, 0.1) is 6.61 Å². The third-order valence-electron chi connectivity index (χ3n) is 3.86. The van der Waals surface area contributed by atoms with Crippen LogP contribution >= 0.6 is 0 Å². The van der Waals surface area contributed by atoms with E-state index >= 15 is 0 Å². The van der Waals surface area contributed by atoms with Gasteiger partial charge in [-0.25, -0.2) is 4.79 Å². The first kappa shape index (κ1) is 21.6. The van der Waals surface area contributed by atoms with Gasteiger partial charge in [-0.05, 0) is 48.7 Å². The largest absolute Gasteiger partial charge is 0.490 e. The smallest absolute Gasteiger partial charge is 0.346 e. The van der Waals surface area contributed by atoms with E-state index in [2.05, 4.69) is 6.58 Å². The van der Waals surface area contributed by atoms with E-state index < -0.39 is 5.97 Å². The standard InChI is InChI=1S/C23H23NO5/c1-3-7-18-8-5-6-9-20(18)28-12-13-29-21-11-10-17(15-22(21)27-4-2)14-19(16-24)23(25)26/h3,5-6,8-11,14-15H,1,4,7,12-13H2,2H3,(H,25,26). The van der Waals surface area contributed by atoms with Crippen molar-refractivity contribution in [2.24, 2.45) is 0 Å². The lowest BCUT2D eigenvalue weighted by molar-refractivity contribution is -0.132. The molecule has 0 radical (unpaired) electrons. The zero-order chi connectivity index (χ0) is 21.1. The molecule has 2 aromatic carbocycles. The van der Waals surface area contributed by atoms with Gasteiger partial charge in [0.25, 0.3) is 0 Å². The van der Waals surface area contributed by atoms with Crippen LogP contribution in [0.25, 0.3) is 6.08 Å². The Kier molecular flexibility index (Phi) is 8.33. The van der Waals surface area contributed by atoms with Crippen LogP contribution in [0, 0.1) is 11.3 Å². The Balaban J connectivity index is 2.04. The number of aliphatic carboxylic acids is 1. The molecule has 0 spiro atoms. The fraction of sp³-hybridized carbons (Fsp3) is 0.217. The zero-order valence-corrected chi connectivity index (χ0v) is 16.3. The van der Waals surface area contributed by atoms with Crippen LogP contribution in [-0.4, -0.2) is 30.9 Å². The molecule has 0 unspecified atom stereocenters. The van der Waals surface area contributed by atoms with Crippen LogP contribution in [-0.2, 0) is 11.2 Å². The van der Waals surface area contributed by atoms with Crippen molar-refractivity contribution in [3.8, 4) is 23.3 Å². The van der Waals surface area contributed by atoms with E-state index in [1.807, 2.05) is 37.3 Å². The highest BCUT2D eigenvalue weighted by Gasteiger charge is 2.10. The number of carboxylic acid groups (broad SMARTS) is 1. The quantitative estimate of drug-likeness (QED) is 0.266. The highest BCUT2D eigenvalue weighted by Crippen LogP contribution is 2.29. The van der Waals surface area contributed by atoms with Crippen molar-refractivity contribution in [2.75, 3.05) is 19.8 Å². The Hall–Kier alpha value is -3.72. The molecule has 0 saturated carbocycles. The van der Waals surface area contributed by atoms with Gasteiger partial charge in [0, 0.05) is 0 Å². The molecule has 0 fully saturated rings. The first-order valence-electron chi connectivity index (χ1n) is 9.15. The van der Waals surface area contributed by atoms with Crippen LogP contribution in [0.2, 0.25) is 0 Å². The molecule has 0 aliphatic heterocycles. The molecule has 0 bridgehead atoms. The molecule has 0 atom stereocenters. The van der Waals surface area contributed by atoms with E-state index in [0.717, 1.165) is 17.7 Å². The van der Waals surface area contributed by atoms with Gasteiger partial charge in [0.1, 0.15) is 30.6 Å². The first-order chi connectivity index (χ1) is 14.1. The molecule has 2 aromatic rings. The molecule has 6 heteroatoms. The summed E-state index contributed by atoms with van der Waals surface area (Å²) in [5, 5.41) is 17.9. The number of allylic oxidation sites excluding steroid dienone is 1. The average molecular weight is 393 g/mol. The molecule has 29 heavy (non-hydrogen) atoms. The maximum atomic E-state index is 11.0. The van der Waals surface area contributed by atoms with E-state index in [0.29, 0.717) is 36.9 Å². The van der Waals surface area contributed by atoms with Gasteiger partial charge >= 0.3 is 5.97 Å². The third-order valence-corrected chi connectivity index (χ3v) is 3.86. The van der Waals surface area contributed by atoms with Crippen molar-refractivity contribution < 1.29 is 24.1 Å². The van der Waals surface area contributed by atoms with Gasteiger partial charge < -0.3 is 19.3 Å². The molecule has 0 aromatic heterocycles. The molecular weight excluding hydrogens is 370 g/mol. The van der Waals surface area contributed by atoms with Crippen LogP contribution in [0.1, 0.15) is 18.1 Å². The normalized spacial score (nSPS) is 10.7. The van der Waals surface area contributed by atoms with Crippen molar-refractivity contribution in [1.29, 1.82) is 5.26 Å². The lowest BCUT2D eigenvalue weighted by Crippen LogP contribution is -2.10. The minimum atomic E-state index is -1.28. The Morgan fingerprint density at radius 1 is 1.10 bits per heavy atom. The zero-order valence-electron chi connectivity index (χ0n) is 16.3. The van der Waals surface area contributed by atoms with Crippen molar-refractivity contribution in [3.05, 3.63) is 71.8 Å². The molecule has 0 saturated heterocycles. The Labute approximate surface area is 170 Å². The molecule has 0 aliphatic carbocycles. The van der Waals surface area contributed by atoms with E-state index in [4.69, 9.17) is 24.6 Å². The number of nitrogens with zero attached hydrogens (tertiary/aromatic N) is 1. The second kappa shape index (κ2) is 11.2. The average Bonchev–Trinajstić information content (AvgIpc) is 2.72. The van der Waals surface area contributed by atoms with E-state index in [-0.39, 0.29) is 5.57 Å². The van der Waals surface area contributed by atoms with E-state index in [1.165, 1.54) is 6.08 Å². The molecule has 6 nitrogen and oxygen atoms in total. The maximum Gasteiger partial charge on any atom is 0.346 e. The number of hydrogen-bond donors (Lipinski definition) is 1. The third kappa shape index (κ3) is 6.43. The van der Waals surface area contributed by atoms with Gasteiger partial charge in [0.2, 0.25) is 0 Å². The predicted molar refractivity (Wildman–Crippen MR) is 110 cm³/mol. The molecule has 0 amide bonds. The van der Waals surface area contributed by atoms with Crippen LogP contribution in [0.15, 0.2) is 60.7 Å². The topological polar surface area (TPSA) is 88.8 Å². The number of nitriles is 1. The number of para-hydroxylation sites is 1. The Bertz CT molecular complexity index is 927. The maximum absolute atomic E-state index is 11.0. The minimum Gasteiger partial charge on any atom is -0.490 e. The lowest BCUT2D eigenvalue weighted by Gasteiger charge is -2.14. The van der Waals surface area contributed by atoms with Crippen LogP contribution in [0.5, 0.6) is 17.2 Å². The van der Waals surface area contributed by atoms with Gasteiger partial charge in [-0.15, -0.1) is 6.58 Å². The molecule has 150 valence electrons. The Morgan fingerprint density at radius 3 is 2.48 bits per heavy atom.